The minimum Gasteiger partial charge on any atom is -0.383 e. The molecule has 1 N–H and O–H groups in total. The molecule has 2 aromatic heterocycles. The van der Waals surface area contributed by atoms with Crippen molar-refractivity contribution in [1.29, 1.82) is 0 Å². The van der Waals surface area contributed by atoms with Crippen molar-refractivity contribution in [3.8, 4) is 11.4 Å². The number of aromatic nitrogens is 4. The molecule has 138 valence electrons. The number of anilines is 1. The van der Waals surface area contributed by atoms with Gasteiger partial charge < -0.3 is 14.6 Å². The highest BCUT2D eigenvalue weighted by atomic mass is 32.2. The van der Waals surface area contributed by atoms with Gasteiger partial charge in [0.25, 0.3) is 0 Å². The van der Waals surface area contributed by atoms with Gasteiger partial charge in [0.1, 0.15) is 5.82 Å². The lowest BCUT2D eigenvalue weighted by Crippen LogP contribution is -2.06. The van der Waals surface area contributed by atoms with Crippen LogP contribution in [0.25, 0.3) is 11.4 Å². The molecule has 0 fully saturated rings. The highest BCUT2D eigenvalue weighted by Gasteiger charge is 2.19. The molecular formula is C16H18FN5O2S2. The Bertz CT molecular complexity index is 870. The second-order valence-electron chi connectivity index (χ2n) is 5.47. The molecule has 3 rings (SSSR count). The number of hydrogen-bond acceptors (Lipinski definition) is 9. The fraction of sp³-hybridized carbons (Fsp3) is 0.375. The van der Waals surface area contributed by atoms with Crippen molar-refractivity contribution >= 4 is 28.2 Å². The Morgan fingerprint density at radius 2 is 2.23 bits per heavy atom. The van der Waals surface area contributed by atoms with Crippen molar-refractivity contribution in [2.45, 2.75) is 23.4 Å². The molecule has 1 atom stereocenters. The van der Waals surface area contributed by atoms with E-state index in [1.807, 2.05) is 6.92 Å². The predicted octanol–water partition coefficient (Wildman–Crippen LogP) is 3.95. The average molecular weight is 395 g/mol. The van der Waals surface area contributed by atoms with Crippen LogP contribution in [-0.4, -0.2) is 40.6 Å². The summed E-state index contributed by atoms with van der Waals surface area (Å²) in [6.07, 6.45) is 0. The Balaban J connectivity index is 1.64. The van der Waals surface area contributed by atoms with Crippen molar-refractivity contribution in [1.82, 2.24) is 20.3 Å². The molecule has 10 heteroatoms. The van der Waals surface area contributed by atoms with Gasteiger partial charge in [-0.2, -0.15) is 4.98 Å². The molecule has 1 unspecified atom stereocenters. The minimum absolute atomic E-state index is 0.105. The normalized spacial score (nSPS) is 12.3. The first-order valence-corrected chi connectivity index (χ1v) is 9.59. The number of nitrogens with zero attached hydrogens (tertiary/aromatic N) is 4. The van der Waals surface area contributed by atoms with Gasteiger partial charge in [-0.1, -0.05) is 40.4 Å². The van der Waals surface area contributed by atoms with E-state index in [0.717, 1.165) is 9.47 Å². The van der Waals surface area contributed by atoms with E-state index >= 15 is 0 Å². The van der Waals surface area contributed by atoms with Crippen LogP contribution in [0.15, 0.2) is 27.1 Å². The largest absolute Gasteiger partial charge is 0.383 e. The number of thioether (sulfide) groups is 1. The Hall–Kier alpha value is -2.04. The summed E-state index contributed by atoms with van der Waals surface area (Å²) in [5, 5.41) is 15.9. The summed E-state index contributed by atoms with van der Waals surface area (Å²) >= 11 is 2.92. The van der Waals surface area contributed by atoms with Crippen molar-refractivity contribution in [3.63, 3.8) is 0 Å². The van der Waals surface area contributed by atoms with Gasteiger partial charge in [-0.05, 0) is 25.5 Å². The van der Waals surface area contributed by atoms with E-state index in [4.69, 9.17) is 9.26 Å². The molecule has 0 aliphatic rings. The third kappa shape index (κ3) is 4.57. The van der Waals surface area contributed by atoms with Gasteiger partial charge in [0.15, 0.2) is 4.34 Å². The summed E-state index contributed by atoms with van der Waals surface area (Å²) in [7, 11) is 1.65. The molecule has 0 saturated carbocycles. The number of benzene rings is 1. The van der Waals surface area contributed by atoms with E-state index in [9.17, 15) is 4.39 Å². The Labute approximate surface area is 158 Å². The van der Waals surface area contributed by atoms with E-state index < -0.39 is 0 Å². The van der Waals surface area contributed by atoms with Crippen molar-refractivity contribution in [2.24, 2.45) is 0 Å². The van der Waals surface area contributed by atoms with Crippen LogP contribution in [0.2, 0.25) is 0 Å². The number of nitrogens with one attached hydrogen (secondary N) is 1. The summed E-state index contributed by atoms with van der Waals surface area (Å²) in [4.78, 5) is 4.37. The van der Waals surface area contributed by atoms with E-state index in [-0.39, 0.29) is 11.1 Å². The van der Waals surface area contributed by atoms with Gasteiger partial charge in [-0.25, -0.2) is 4.39 Å². The van der Waals surface area contributed by atoms with Gasteiger partial charge in [0.2, 0.25) is 16.8 Å². The predicted molar refractivity (Wildman–Crippen MR) is 99.0 cm³/mol. The molecule has 0 spiro atoms. The maximum atomic E-state index is 13.7. The molecule has 2 heterocycles. The van der Waals surface area contributed by atoms with E-state index in [1.54, 1.807) is 26.2 Å². The third-order valence-electron chi connectivity index (χ3n) is 3.49. The van der Waals surface area contributed by atoms with Crippen LogP contribution in [0.3, 0.4) is 0 Å². The zero-order valence-electron chi connectivity index (χ0n) is 14.5. The third-order valence-corrected chi connectivity index (χ3v) is 5.54. The van der Waals surface area contributed by atoms with E-state index in [2.05, 4.69) is 25.7 Å². The Kier molecular flexibility index (Phi) is 6.17. The van der Waals surface area contributed by atoms with E-state index in [0.29, 0.717) is 36.0 Å². The van der Waals surface area contributed by atoms with Gasteiger partial charge in [-0.15, -0.1) is 10.2 Å². The standard InChI is InChI=1S/C16H18FN5O2S2/c1-9-4-5-11(8-12(9)17)13-19-14(24-22-13)10(2)25-16-21-20-15(26-16)18-6-7-23-3/h4-5,8,10H,6-7H2,1-3H3,(H,18,20). The first-order chi connectivity index (χ1) is 12.6. The average Bonchev–Trinajstić information content (AvgIpc) is 3.27. The summed E-state index contributed by atoms with van der Waals surface area (Å²) < 4.78 is 24.8. The zero-order valence-corrected chi connectivity index (χ0v) is 16.2. The molecule has 3 aromatic rings. The van der Waals surface area contributed by atoms with Crippen molar-refractivity contribution < 1.29 is 13.7 Å². The second kappa shape index (κ2) is 8.56. The Morgan fingerprint density at radius 1 is 1.38 bits per heavy atom. The van der Waals surface area contributed by atoms with Crippen molar-refractivity contribution in [2.75, 3.05) is 25.6 Å². The van der Waals surface area contributed by atoms with Crippen LogP contribution in [-0.2, 0) is 4.74 Å². The van der Waals surface area contributed by atoms with Gasteiger partial charge >= 0.3 is 0 Å². The van der Waals surface area contributed by atoms with Crippen LogP contribution in [0.5, 0.6) is 0 Å². The number of ether oxygens (including phenoxy) is 1. The first-order valence-electron chi connectivity index (χ1n) is 7.90. The Morgan fingerprint density at radius 3 is 3.00 bits per heavy atom. The molecule has 26 heavy (non-hydrogen) atoms. The second-order valence-corrected chi connectivity index (χ2v) is 8.04. The van der Waals surface area contributed by atoms with Crippen LogP contribution in [0.1, 0.15) is 23.6 Å². The van der Waals surface area contributed by atoms with E-state index in [1.165, 1.54) is 29.2 Å². The van der Waals surface area contributed by atoms with Crippen LogP contribution < -0.4 is 5.32 Å². The smallest absolute Gasteiger partial charge is 0.240 e. The van der Waals surface area contributed by atoms with Gasteiger partial charge in [0.05, 0.1) is 11.9 Å². The number of rotatable bonds is 8. The molecular weight excluding hydrogens is 377 g/mol. The summed E-state index contributed by atoms with van der Waals surface area (Å²) in [6, 6.07) is 4.87. The van der Waals surface area contributed by atoms with Gasteiger partial charge in [-0.3, -0.25) is 0 Å². The zero-order chi connectivity index (χ0) is 18.5. The summed E-state index contributed by atoms with van der Waals surface area (Å²) in [5.74, 6) is 0.527. The summed E-state index contributed by atoms with van der Waals surface area (Å²) in [6.45, 7) is 4.92. The quantitative estimate of drug-likeness (QED) is 0.453. The number of hydrogen-bond donors (Lipinski definition) is 1. The lowest BCUT2D eigenvalue weighted by Gasteiger charge is -2.02. The highest BCUT2D eigenvalue weighted by molar-refractivity contribution is 8.01. The molecule has 1 aromatic carbocycles. The first kappa shape index (κ1) is 18.7. The monoisotopic (exact) mass is 395 g/mol. The lowest BCUT2D eigenvalue weighted by molar-refractivity contribution is 0.211. The summed E-state index contributed by atoms with van der Waals surface area (Å²) in [5.41, 5.74) is 1.16. The minimum atomic E-state index is -0.293. The lowest BCUT2D eigenvalue weighted by atomic mass is 10.1. The molecule has 7 nitrogen and oxygen atoms in total. The van der Waals surface area contributed by atoms with Crippen LogP contribution >= 0.6 is 23.1 Å². The molecule has 0 aliphatic heterocycles. The number of aryl methyl sites for hydroxylation is 1. The van der Waals surface area contributed by atoms with Crippen LogP contribution in [0, 0.1) is 12.7 Å². The SMILES string of the molecule is COCCNc1nnc(SC(C)c2nc(-c3ccc(C)c(F)c3)no2)s1. The molecule has 0 aliphatic carbocycles. The maximum absolute atomic E-state index is 13.7. The van der Waals surface area contributed by atoms with Gasteiger partial charge in [0, 0.05) is 19.2 Å². The molecule has 0 bridgehead atoms. The molecule has 0 amide bonds. The fourth-order valence-electron chi connectivity index (χ4n) is 2.04. The molecule has 0 saturated heterocycles. The van der Waals surface area contributed by atoms with Crippen LogP contribution in [0.4, 0.5) is 9.52 Å². The van der Waals surface area contributed by atoms with Crippen molar-refractivity contribution in [3.05, 3.63) is 35.5 Å². The topological polar surface area (TPSA) is 86.0 Å². The highest BCUT2D eigenvalue weighted by Crippen LogP contribution is 2.37. The maximum Gasteiger partial charge on any atom is 0.240 e. The number of methoxy groups -OCH3 is 1. The molecule has 0 radical (unpaired) electrons. The number of halogens is 1. The fourth-order valence-corrected chi connectivity index (χ4v) is 3.99.